The second kappa shape index (κ2) is 69.7. The second-order valence-corrected chi connectivity index (χ2v) is 28.1. The summed E-state index contributed by atoms with van der Waals surface area (Å²) in [7, 11) is -9.95. The van der Waals surface area contributed by atoms with Crippen molar-refractivity contribution in [3.05, 3.63) is 85.1 Å². The maximum absolute atomic E-state index is 13.1. The van der Waals surface area contributed by atoms with Gasteiger partial charge in [0.1, 0.15) is 19.3 Å². The normalized spacial score (nSPS) is 14.4. The zero-order chi connectivity index (χ0) is 70.4. The first-order valence-electron chi connectivity index (χ1n) is 37.8. The Bertz CT molecular complexity index is 2160. The number of aliphatic hydroxyl groups excluding tert-OH is 1. The lowest BCUT2D eigenvalue weighted by Crippen LogP contribution is -2.30. The fraction of sp³-hybridized carbons (Fsp3) is 0.766. The molecule has 0 rings (SSSR count). The summed E-state index contributed by atoms with van der Waals surface area (Å²) in [6, 6.07) is 0. The van der Waals surface area contributed by atoms with Crippen LogP contribution in [0.15, 0.2) is 85.1 Å². The van der Waals surface area contributed by atoms with Crippen molar-refractivity contribution < 1.29 is 80.2 Å². The van der Waals surface area contributed by atoms with Gasteiger partial charge < -0.3 is 33.8 Å². The lowest BCUT2D eigenvalue weighted by Gasteiger charge is -2.21. The molecule has 0 aromatic carbocycles. The molecule has 0 spiro atoms. The van der Waals surface area contributed by atoms with Crippen molar-refractivity contribution in [1.29, 1.82) is 0 Å². The number of esters is 4. The molecule has 5 atom stereocenters. The van der Waals surface area contributed by atoms with E-state index in [4.69, 9.17) is 37.0 Å². The standard InChI is InChI=1S/C77H136O17P2/c1-5-9-13-17-21-25-29-32-34-35-37-39-43-46-50-54-58-62-75(80)88-68-73(94-77(82)64-60-56-52-48-44-40-36-33-30-26-22-18-14-10-6-2)70-92-96(85,86)90-66-71(78)65-89-95(83,84)91-69-72(93-76(81)63-59-55-51-47-41-28-24-20-16-12-8-4)67-87-74(79)61-57-53-49-45-42-38-31-27-23-19-15-11-7-3/h9,13,15,19,21,25,27,31-32,34,37,39,46,50,71-73,78H,5-8,10-12,14,16-18,20,22-24,26,28-30,33,35-36,38,40-45,47-49,51-70H2,1-4H3,(H,83,84)(H,85,86)/b13-9-,19-15-,25-21-,31-27-,34-32-,39-37-,50-46-. The number of phosphoric ester groups is 2. The molecule has 0 aromatic heterocycles. The minimum Gasteiger partial charge on any atom is -0.462 e. The molecule has 0 radical (unpaired) electrons. The van der Waals surface area contributed by atoms with E-state index in [1.165, 1.54) is 103 Å². The number of carbonyl (C=O) groups excluding carboxylic acids is 4. The fourth-order valence-electron chi connectivity index (χ4n) is 10.1. The average molecular weight is 1400 g/mol. The third-order valence-corrected chi connectivity index (χ3v) is 17.8. The maximum atomic E-state index is 13.1. The minimum atomic E-state index is -4.98. The summed E-state index contributed by atoms with van der Waals surface area (Å²) in [5.41, 5.74) is 0. The van der Waals surface area contributed by atoms with Gasteiger partial charge in [-0.1, -0.05) is 293 Å². The third-order valence-electron chi connectivity index (χ3n) is 15.9. The highest BCUT2D eigenvalue weighted by molar-refractivity contribution is 7.47. The van der Waals surface area contributed by atoms with E-state index in [2.05, 4.69) is 101 Å². The molecule has 0 saturated carbocycles. The molecule has 0 aliphatic carbocycles. The van der Waals surface area contributed by atoms with E-state index < -0.39 is 97.5 Å². The number of allylic oxidation sites excluding steroid dienone is 14. The summed E-state index contributed by atoms with van der Waals surface area (Å²) >= 11 is 0. The van der Waals surface area contributed by atoms with Gasteiger partial charge in [-0.2, -0.15) is 0 Å². The van der Waals surface area contributed by atoms with Gasteiger partial charge in [0, 0.05) is 25.7 Å². The SMILES string of the molecule is CC/C=C\C/C=C\C/C=C\C/C=C\C/C=C\CCCC(=O)OCC(COP(=O)(O)OCC(O)COP(=O)(O)OCC(COC(=O)CCCCCCC/C=C\C/C=C\CCC)OC(=O)CCCCCCCCCCCCC)OC(=O)CCCCCCCCCCCCCCCCC. The number of phosphoric acid groups is 2. The molecule has 0 amide bonds. The summed E-state index contributed by atoms with van der Waals surface area (Å²) in [6.45, 7) is 4.64. The van der Waals surface area contributed by atoms with Gasteiger partial charge >= 0.3 is 39.5 Å². The predicted molar refractivity (Wildman–Crippen MR) is 390 cm³/mol. The van der Waals surface area contributed by atoms with E-state index in [0.717, 1.165) is 135 Å². The van der Waals surface area contributed by atoms with Crippen molar-refractivity contribution in [3.8, 4) is 0 Å². The maximum Gasteiger partial charge on any atom is 0.472 e. The quantitative estimate of drug-likeness (QED) is 0.0169. The topological polar surface area (TPSA) is 237 Å². The number of aliphatic hydroxyl groups is 1. The number of hydrogen-bond acceptors (Lipinski definition) is 15. The molecule has 17 nitrogen and oxygen atoms in total. The summed E-state index contributed by atoms with van der Waals surface area (Å²) in [4.78, 5) is 72.7. The molecule has 556 valence electrons. The molecule has 0 saturated heterocycles. The first-order chi connectivity index (χ1) is 46.7. The Balaban J connectivity index is 5.36. The van der Waals surface area contributed by atoms with Gasteiger partial charge in [0.2, 0.25) is 0 Å². The molecule has 0 heterocycles. The molecular formula is C77H136O17P2. The van der Waals surface area contributed by atoms with Crippen LogP contribution in [0.5, 0.6) is 0 Å². The van der Waals surface area contributed by atoms with E-state index in [0.29, 0.717) is 32.1 Å². The first kappa shape index (κ1) is 92.2. The Hall–Kier alpha value is -3.76. The number of carbonyl (C=O) groups is 4. The van der Waals surface area contributed by atoms with Crippen molar-refractivity contribution in [3.63, 3.8) is 0 Å². The first-order valence-corrected chi connectivity index (χ1v) is 40.8. The van der Waals surface area contributed by atoms with Crippen LogP contribution in [0.1, 0.15) is 323 Å². The van der Waals surface area contributed by atoms with E-state index in [1.807, 2.05) is 12.2 Å². The largest absolute Gasteiger partial charge is 0.472 e. The van der Waals surface area contributed by atoms with Gasteiger partial charge in [-0.05, 0) is 89.9 Å². The van der Waals surface area contributed by atoms with Gasteiger partial charge in [-0.15, -0.1) is 0 Å². The monoisotopic (exact) mass is 1390 g/mol. The highest BCUT2D eigenvalue weighted by Gasteiger charge is 2.30. The van der Waals surface area contributed by atoms with Crippen LogP contribution in [0.2, 0.25) is 0 Å². The van der Waals surface area contributed by atoms with Crippen molar-refractivity contribution in [1.82, 2.24) is 0 Å². The number of unbranched alkanes of at least 4 members (excludes halogenated alkanes) is 31. The molecule has 0 bridgehead atoms. The lowest BCUT2D eigenvalue weighted by molar-refractivity contribution is -0.161. The molecule has 5 unspecified atom stereocenters. The van der Waals surface area contributed by atoms with Crippen LogP contribution in [0.25, 0.3) is 0 Å². The molecule has 3 N–H and O–H groups in total. The zero-order valence-electron chi connectivity index (χ0n) is 60.5. The van der Waals surface area contributed by atoms with Crippen molar-refractivity contribution in [2.24, 2.45) is 0 Å². The third kappa shape index (κ3) is 68.8. The van der Waals surface area contributed by atoms with Crippen molar-refractivity contribution in [2.45, 2.75) is 341 Å². The Labute approximate surface area is 583 Å². The van der Waals surface area contributed by atoms with Crippen LogP contribution in [0, 0.1) is 0 Å². The van der Waals surface area contributed by atoms with Gasteiger partial charge in [0.05, 0.1) is 26.4 Å². The highest BCUT2D eigenvalue weighted by Crippen LogP contribution is 2.45. The molecule has 0 aliphatic rings. The van der Waals surface area contributed by atoms with E-state index in [9.17, 15) is 43.2 Å². The van der Waals surface area contributed by atoms with Gasteiger partial charge in [-0.3, -0.25) is 37.3 Å². The van der Waals surface area contributed by atoms with Crippen LogP contribution >= 0.6 is 15.6 Å². The number of hydrogen-bond donors (Lipinski definition) is 3. The summed E-state index contributed by atoms with van der Waals surface area (Å²) < 4.78 is 68.3. The lowest BCUT2D eigenvalue weighted by atomic mass is 10.0. The Kier molecular flexibility index (Phi) is 67.0. The van der Waals surface area contributed by atoms with Gasteiger partial charge in [0.25, 0.3) is 0 Å². The van der Waals surface area contributed by atoms with E-state index in [1.54, 1.807) is 0 Å². The predicted octanol–water partition coefficient (Wildman–Crippen LogP) is 21.4. The van der Waals surface area contributed by atoms with Crippen LogP contribution < -0.4 is 0 Å². The number of rotatable bonds is 71. The summed E-state index contributed by atoms with van der Waals surface area (Å²) in [5, 5.41) is 10.6. The number of ether oxygens (including phenoxy) is 4. The van der Waals surface area contributed by atoms with Gasteiger partial charge in [-0.25, -0.2) is 9.13 Å². The van der Waals surface area contributed by atoms with Crippen LogP contribution in [-0.2, 0) is 65.4 Å². The highest BCUT2D eigenvalue weighted by atomic mass is 31.2. The van der Waals surface area contributed by atoms with E-state index in [-0.39, 0.29) is 25.7 Å². The van der Waals surface area contributed by atoms with Crippen LogP contribution in [0.3, 0.4) is 0 Å². The second-order valence-electron chi connectivity index (χ2n) is 25.2. The molecular weight excluding hydrogens is 1260 g/mol. The molecule has 96 heavy (non-hydrogen) atoms. The van der Waals surface area contributed by atoms with Crippen LogP contribution in [0.4, 0.5) is 0 Å². The van der Waals surface area contributed by atoms with Gasteiger partial charge in [0.15, 0.2) is 12.2 Å². The average Bonchev–Trinajstić information content (AvgIpc) is 2.18. The summed E-state index contributed by atoms with van der Waals surface area (Å²) in [5.74, 6) is -2.24. The summed E-state index contributed by atoms with van der Waals surface area (Å²) in [6.07, 6.45) is 70.2. The Morgan fingerprint density at radius 1 is 0.302 bits per heavy atom. The molecule has 0 fully saturated rings. The van der Waals surface area contributed by atoms with Crippen molar-refractivity contribution >= 4 is 39.5 Å². The van der Waals surface area contributed by atoms with E-state index >= 15 is 0 Å². The zero-order valence-corrected chi connectivity index (χ0v) is 62.3. The Morgan fingerprint density at radius 2 is 0.573 bits per heavy atom. The smallest absolute Gasteiger partial charge is 0.462 e. The molecule has 19 heteroatoms. The fourth-order valence-corrected chi connectivity index (χ4v) is 11.7. The molecule has 0 aromatic rings. The van der Waals surface area contributed by atoms with Crippen LogP contribution in [-0.4, -0.2) is 96.7 Å². The van der Waals surface area contributed by atoms with Crippen molar-refractivity contribution in [2.75, 3.05) is 39.6 Å². The molecule has 0 aliphatic heterocycles. The Morgan fingerprint density at radius 3 is 0.917 bits per heavy atom. The minimum absolute atomic E-state index is 0.0859.